The fourth-order valence-corrected chi connectivity index (χ4v) is 3.94. The molecule has 6 heteroatoms. The van der Waals surface area contributed by atoms with Gasteiger partial charge in [0.25, 0.3) is 0 Å². The van der Waals surface area contributed by atoms with Crippen molar-refractivity contribution in [2.45, 2.75) is 6.54 Å². The molecular formula is C24H16F2N2O2. The summed E-state index contributed by atoms with van der Waals surface area (Å²) in [7, 11) is 0. The van der Waals surface area contributed by atoms with Gasteiger partial charge < -0.3 is 14.7 Å². The van der Waals surface area contributed by atoms with Gasteiger partial charge in [0.15, 0.2) is 0 Å². The normalized spacial score (nSPS) is 11.4. The number of amides is 1. The molecule has 5 aromatic rings. The maximum atomic E-state index is 14.4. The molecule has 0 aliphatic rings. The van der Waals surface area contributed by atoms with Crippen LogP contribution in [0, 0.1) is 11.6 Å². The first-order valence-corrected chi connectivity index (χ1v) is 9.35. The summed E-state index contributed by atoms with van der Waals surface area (Å²) >= 11 is 0. The number of nitrogens with zero attached hydrogens (tertiary/aromatic N) is 1. The number of aromatic nitrogens is 1. The van der Waals surface area contributed by atoms with Gasteiger partial charge in [-0.15, -0.1) is 0 Å². The summed E-state index contributed by atoms with van der Waals surface area (Å²) in [4.78, 5) is 12.1. The molecule has 2 heterocycles. The minimum Gasteiger partial charge on any atom is -0.464 e. The standard InChI is InChI=1S/C24H16F2N2O2/c25-16-8-6-15(19(26)12-16)13-28-20-4-1-3-18(24(27)29)23(20)17-9-7-14(11-21(17)28)22-5-2-10-30-22/h1-12H,13H2,(H2,27,29). The molecule has 4 nitrogen and oxygen atoms in total. The van der Waals surface area contributed by atoms with E-state index in [1.54, 1.807) is 24.5 Å². The highest BCUT2D eigenvalue weighted by Crippen LogP contribution is 2.35. The van der Waals surface area contributed by atoms with Gasteiger partial charge in [-0.25, -0.2) is 8.78 Å². The Morgan fingerprint density at radius 2 is 1.83 bits per heavy atom. The third kappa shape index (κ3) is 2.85. The van der Waals surface area contributed by atoms with Crippen molar-refractivity contribution in [1.29, 1.82) is 0 Å². The average molecular weight is 402 g/mol. The van der Waals surface area contributed by atoms with E-state index in [1.165, 1.54) is 12.1 Å². The second kappa shape index (κ2) is 6.84. The van der Waals surface area contributed by atoms with Crippen LogP contribution in [0.1, 0.15) is 15.9 Å². The molecule has 0 fully saturated rings. The molecule has 2 aromatic heterocycles. The molecule has 0 aliphatic carbocycles. The lowest BCUT2D eigenvalue weighted by Crippen LogP contribution is -2.11. The summed E-state index contributed by atoms with van der Waals surface area (Å²) in [5.41, 5.74) is 8.71. The number of halogens is 2. The molecule has 3 aromatic carbocycles. The van der Waals surface area contributed by atoms with Gasteiger partial charge in [-0.3, -0.25) is 4.79 Å². The first kappa shape index (κ1) is 18.1. The zero-order chi connectivity index (χ0) is 20.8. The van der Waals surface area contributed by atoms with E-state index in [1.807, 2.05) is 34.9 Å². The molecule has 5 rings (SSSR count). The van der Waals surface area contributed by atoms with Crippen molar-refractivity contribution in [2.75, 3.05) is 0 Å². The zero-order valence-electron chi connectivity index (χ0n) is 15.7. The van der Waals surface area contributed by atoms with E-state index in [2.05, 4.69) is 0 Å². The minimum absolute atomic E-state index is 0.163. The van der Waals surface area contributed by atoms with Crippen molar-refractivity contribution < 1.29 is 18.0 Å². The molecule has 0 spiro atoms. The Balaban J connectivity index is 1.82. The van der Waals surface area contributed by atoms with Crippen molar-refractivity contribution in [3.05, 3.63) is 95.8 Å². The van der Waals surface area contributed by atoms with E-state index < -0.39 is 17.5 Å². The second-order valence-corrected chi connectivity index (χ2v) is 7.10. The first-order chi connectivity index (χ1) is 14.5. The van der Waals surface area contributed by atoms with Crippen LogP contribution in [0.25, 0.3) is 33.1 Å². The molecule has 1 amide bonds. The van der Waals surface area contributed by atoms with Crippen LogP contribution < -0.4 is 5.73 Å². The number of carbonyl (C=O) groups is 1. The van der Waals surface area contributed by atoms with E-state index >= 15 is 0 Å². The van der Waals surface area contributed by atoms with E-state index in [4.69, 9.17) is 10.2 Å². The highest BCUT2D eigenvalue weighted by Gasteiger charge is 2.18. The number of carbonyl (C=O) groups excluding carboxylic acids is 1. The number of hydrogen-bond donors (Lipinski definition) is 1. The Morgan fingerprint density at radius 3 is 2.57 bits per heavy atom. The summed E-state index contributed by atoms with van der Waals surface area (Å²) in [6, 6.07) is 18.2. The summed E-state index contributed by atoms with van der Waals surface area (Å²) in [6.45, 7) is 0.163. The Hall–Kier alpha value is -3.93. The third-order valence-electron chi connectivity index (χ3n) is 5.31. The average Bonchev–Trinajstić information content (AvgIpc) is 3.36. The quantitative estimate of drug-likeness (QED) is 0.433. The van der Waals surface area contributed by atoms with Crippen LogP contribution in [0.2, 0.25) is 0 Å². The van der Waals surface area contributed by atoms with Gasteiger partial charge in [-0.2, -0.15) is 0 Å². The van der Waals surface area contributed by atoms with Crippen LogP contribution >= 0.6 is 0 Å². The number of fused-ring (bicyclic) bond motifs is 3. The lowest BCUT2D eigenvalue weighted by Gasteiger charge is -2.10. The van der Waals surface area contributed by atoms with Crippen LogP contribution in [0.3, 0.4) is 0 Å². The molecule has 2 N–H and O–H groups in total. The van der Waals surface area contributed by atoms with Crippen molar-refractivity contribution in [1.82, 2.24) is 4.57 Å². The summed E-state index contributed by atoms with van der Waals surface area (Å²) < 4.78 is 35.2. The SMILES string of the molecule is NC(=O)c1cccc2c1c1ccc(-c3ccco3)cc1n2Cc1ccc(F)cc1F. The van der Waals surface area contributed by atoms with E-state index in [0.29, 0.717) is 22.3 Å². The fraction of sp³-hybridized carbons (Fsp3) is 0.0417. The molecular weight excluding hydrogens is 386 g/mol. The van der Waals surface area contributed by atoms with Crippen molar-refractivity contribution in [2.24, 2.45) is 5.73 Å². The predicted molar refractivity (Wildman–Crippen MR) is 111 cm³/mol. The third-order valence-corrected chi connectivity index (χ3v) is 5.31. The molecule has 0 bridgehead atoms. The summed E-state index contributed by atoms with van der Waals surface area (Å²) in [6.07, 6.45) is 1.59. The Morgan fingerprint density at radius 1 is 0.967 bits per heavy atom. The number of rotatable bonds is 4. The van der Waals surface area contributed by atoms with Crippen LogP contribution in [-0.2, 0) is 6.54 Å². The number of benzene rings is 3. The lowest BCUT2D eigenvalue weighted by atomic mass is 10.0. The van der Waals surface area contributed by atoms with Gasteiger partial charge in [0.1, 0.15) is 17.4 Å². The largest absolute Gasteiger partial charge is 0.464 e. The van der Waals surface area contributed by atoms with Gasteiger partial charge in [-0.1, -0.05) is 24.3 Å². The molecule has 0 saturated carbocycles. The van der Waals surface area contributed by atoms with Crippen LogP contribution in [0.5, 0.6) is 0 Å². The number of primary amides is 1. The highest BCUT2D eigenvalue weighted by molar-refractivity contribution is 6.18. The maximum absolute atomic E-state index is 14.4. The highest BCUT2D eigenvalue weighted by atomic mass is 19.1. The van der Waals surface area contributed by atoms with Crippen molar-refractivity contribution in [3.8, 4) is 11.3 Å². The molecule has 0 atom stereocenters. The molecule has 0 unspecified atom stereocenters. The van der Waals surface area contributed by atoms with Gasteiger partial charge in [0.05, 0.1) is 23.8 Å². The number of furan rings is 1. The molecule has 148 valence electrons. The van der Waals surface area contributed by atoms with Crippen molar-refractivity contribution in [3.63, 3.8) is 0 Å². The Bertz CT molecular complexity index is 1420. The number of hydrogen-bond acceptors (Lipinski definition) is 2. The smallest absolute Gasteiger partial charge is 0.249 e. The second-order valence-electron chi connectivity index (χ2n) is 7.10. The zero-order valence-corrected chi connectivity index (χ0v) is 15.7. The molecule has 0 aliphatic heterocycles. The molecule has 0 saturated heterocycles. The topological polar surface area (TPSA) is 61.2 Å². The molecule has 0 radical (unpaired) electrons. The number of nitrogens with two attached hydrogens (primary N) is 1. The molecule has 30 heavy (non-hydrogen) atoms. The van der Waals surface area contributed by atoms with Gasteiger partial charge in [-0.05, 0) is 36.4 Å². The first-order valence-electron chi connectivity index (χ1n) is 9.35. The van der Waals surface area contributed by atoms with E-state index in [0.717, 1.165) is 28.0 Å². The summed E-state index contributed by atoms with van der Waals surface area (Å²) in [5, 5.41) is 1.52. The van der Waals surface area contributed by atoms with Crippen LogP contribution in [-0.4, -0.2) is 10.5 Å². The van der Waals surface area contributed by atoms with Gasteiger partial charge in [0, 0.05) is 33.5 Å². The van der Waals surface area contributed by atoms with Crippen LogP contribution in [0.15, 0.2) is 77.4 Å². The maximum Gasteiger partial charge on any atom is 0.249 e. The fourth-order valence-electron chi connectivity index (χ4n) is 3.94. The van der Waals surface area contributed by atoms with E-state index in [9.17, 15) is 13.6 Å². The Kier molecular flexibility index (Phi) is 4.13. The summed E-state index contributed by atoms with van der Waals surface area (Å²) in [5.74, 6) is -1.10. The van der Waals surface area contributed by atoms with Gasteiger partial charge in [0.2, 0.25) is 5.91 Å². The van der Waals surface area contributed by atoms with E-state index in [-0.39, 0.29) is 6.54 Å². The van der Waals surface area contributed by atoms with Crippen molar-refractivity contribution >= 4 is 27.7 Å². The van der Waals surface area contributed by atoms with Crippen LogP contribution in [0.4, 0.5) is 8.78 Å². The van der Waals surface area contributed by atoms with Gasteiger partial charge >= 0.3 is 0 Å². The Labute approximate surface area is 170 Å². The predicted octanol–water partition coefficient (Wildman–Crippen LogP) is 5.48. The monoisotopic (exact) mass is 402 g/mol. The lowest BCUT2D eigenvalue weighted by molar-refractivity contribution is 0.100. The minimum atomic E-state index is -0.630.